The van der Waals surface area contributed by atoms with Crippen molar-refractivity contribution in [2.45, 2.75) is 26.2 Å². The molecule has 0 amide bonds. The summed E-state index contributed by atoms with van der Waals surface area (Å²) < 4.78 is 5.20. The number of carbonyl (C=O) groups excluding carboxylic acids is 2. The Morgan fingerprint density at radius 2 is 1.83 bits per heavy atom. The Morgan fingerprint density at radius 1 is 1.33 bits per heavy atom. The normalized spacial score (nSPS) is 9.58. The lowest BCUT2D eigenvalue weighted by atomic mass is 9.94. The van der Waals surface area contributed by atoms with Crippen molar-refractivity contribution in [3.63, 3.8) is 0 Å². The number of furan rings is 1. The molecule has 0 saturated heterocycles. The minimum atomic E-state index is 0.156. The molecule has 0 aromatic carbocycles. The van der Waals surface area contributed by atoms with E-state index < -0.39 is 0 Å². The average Bonchev–Trinajstić information content (AvgIpc) is 2.36. The van der Waals surface area contributed by atoms with E-state index in [9.17, 15) is 0 Å². The van der Waals surface area contributed by atoms with Crippen LogP contribution in [0.5, 0.6) is 0 Å². The summed E-state index contributed by atoms with van der Waals surface area (Å²) in [5.41, 5.74) is 0.156. The van der Waals surface area contributed by atoms with Gasteiger partial charge >= 0.3 is 6.15 Å². The summed E-state index contributed by atoms with van der Waals surface area (Å²) >= 11 is 0. The van der Waals surface area contributed by atoms with E-state index in [0.717, 1.165) is 5.76 Å². The second-order valence-electron chi connectivity index (χ2n) is 3.31. The van der Waals surface area contributed by atoms with Gasteiger partial charge in [0.25, 0.3) is 0 Å². The lowest BCUT2D eigenvalue weighted by Gasteiger charge is -2.13. The van der Waals surface area contributed by atoms with E-state index in [0.29, 0.717) is 0 Å². The van der Waals surface area contributed by atoms with Crippen LogP contribution in [0.1, 0.15) is 26.5 Å². The van der Waals surface area contributed by atoms with Gasteiger partial charge in [-0.25, -0.2) is 0 Å². The van der Waals surface area contributed by atoms with Gasteiger partial charge in [0.15, 0.2) is 0 Å². The smallest absolute Gasteiger partial charge is 0.373 e. The van der Waals surface area contributed by atoms with Gasteiger partial charge in [0.1, 0.15) is 5.76 Å². The molecule has 0 radical (unpaired) electrons. The lowest BCUT2D eigenvalue weighted by molar-refractivity contribution is -0.191. The third kappa shape index (κ3) is 3.74. The summed E-state index contributed by atoms with van der Waals surface area (Å²) in [7, 11) is 0. The number of hydrogen-bond donors (Lipinski definition) is 0. The quantitative estimate of drug-likeness (QED) is 0.595. The Morgan fingerprint density at radius 3 is 2.00 bits per heavy atom. The highest BCUT2D eigenvalue weighted by molar-refractivity contribution is 5.20. The lowest BCUT2D eigenvalue weighted by Crippen LogP contribution is -2.08. The molecule has 66 valence electrons. The third-order valence-electron chi connectivity index (χ3n) is 1.26. The largest absolute Gasteiger partial charge is 0.469 e. The van der Waals surface area contributed by atoms with E-state index >= 15 is 0 Å². The second kappa shape index (κ2) is 4.52. The minimum Gasteiger partial charge on any atom is -0.469 e. The van der Waals surface area contributed by atoms with E-state index in [-0.39, 0.29) is 11.6 Å². The van der Waals surface area contributed by atoms with Gasteiger partial charge in [0, 0.05) is 5.41 Å². The maximum absolute atomic E-state index is 8.12. The standard InChI is InChI=1S/C8H12O.CO2/c1-8(2,3)7-5-4-6-9-7;2-1-3/h4-6H,1-3H3;. The van der Waals surface area contributed by atoms with Crippen LogP contribution in [0.2, 0.25) is 0 Å². The Bertz CT molecular complexity index is 235. The summed E-state index contributed by atoms with van der Waals surface area (Å²) in [5, 5.41) is 0. The van der Waals surface area contributed by atoms with Crippen molar-refractivity contribution in [2.75, 3.05) is 0 Å². The monoisotopic (exact) mass is 168 g/mol. The molecule has 1 aromatic heterocycles. The molecule has 0 atom stereocenters. The van der Waals surface area contributed by atoms with Crippen molar-refractivity contribution in [1.82, 2.24) is 0 Å². The van der Waals surface area contributed by atoms with Gasteiger partial charge in [0.2, 0.25) is 0 Å². The van der Waals surface area contributed by atoms with Crippen LogP contribution in [0.25, 0.3) is 0 Å². The fourth-order valence-electron chi connectivity index (χ4n) is 0.705. The second-order valence-corrected chi connectivity index (χ2v) is 3.31. The summed E-state index contributed by atoms with van der Waals surface area (Å²) in [6, 6.07) is 3.92. The zero-order chi connectivity index (χ0) is 9.61. The van der Waals surface area contributed by atoms with Crippen molar-refractivity contribution in [1.29, 1.82) is 0 Å². The molecular formula is C9H12O3. The maximum atomic E-state index is 8.12. The van der Waals surface area contributed by atoms with Crippen LogP contribution < -0.4 is 0 Å². The molecule has 0 aliphatic rings. The number of rotatable bonds is 0. The van der Waals surface area contributed by atoms with Crippen molar-refractivity contribution < 1.29 is 14.0 Å². The van der Waals surface area contributed by atoms with Crippen LogP contribution in [-0.4, -0.2) is 6.15 Å². The summed E-state index contributed by atoms with van der Waals surface area (Å²) in [6.45, 7) is 6.39. The molecule has 1 aromatic rings. The molecule has 0 aliphatic heterocycles. The van der Waals surface area contributed by atoms with Crippen LogP contribution in [0.3, 0.4) is 0 Å². The molecule has 1 rings (SSSR count). The van der Waals surface area contributed by atoms with E-state index in [1.54, 1.807) is 6.26 Å². The van der Waals surface area contributed by atoms with E-state index in [4.69, 9.17) is 14.0 Å². The van der Waals surface area contributed by atoms with Crippen LogP contribution in [-0.2, 0) is 15.0 Å². The van der Waals surface area contributed by atoms with Crippen LogP contribution in [0.15, 0.2) is 22.8 Å². The summed E-state index contributed by atoms with van der Waals surface area (Å²) in [6.07, 6.45) is 1.96. The van der Waals surface area contributed by atoms with Gasteiger partial charge in [-0.3, -0.25) is 0 Å². The van der Waals surface area contributed by atoms with E-state index in [2.05, 4.69) is 20.8 Å². The molecule has 0 bridgehead atoms. The van der Waals surface area contributed by atoms with Crippen LogP contribution >= 0.6 is 0 Å². The Labute approximate surface area is 71.4 Å². The molecule has 0 spiro atoms. The summed E-state index contributed by atoms with van der Waals surface area (Å²) in [5.74, 6) is 1.04. The first-order valence-electron chi connectivity index (χ1n) is 3.55. The topological polar surface area (TPSA) is 47.3 Å². The Hall–Kier alpha value is -1.34. The molecule has 0 unspecified atom stereocenters. The molecule has 0 N–H and O–H groups in total. The fraction of sp³-hybridized carbons (Fsp3) is 0.444. The van der Waals surface area contributed by atoms with Gasteiger partial charge < -0.3 is 4.42 Å². The van der Waals surface area contributed by atoms with Crippen molar-refractivity contribution in [3.05, 3.63) is 24.2 Å². The first-order valence-corrected chi connectivity index (χ1v) is 3.55. The highest BCUT2D eigenvalue weighted by Gasteiger charge is 2.15. The van der Waals surface area contributed by atoms with Gasteiger partial charge in [-0.2, -0.15) is 9.59 Å². The molecule has 3 nitrogen and oxygen atoms in total. The first-order chi connectivity index (χ1) is 5.52. The fourth-order valence-corrected chi connectivity index (χ4v) is 0.705. The maximum Gasteiger partial charge on any atom is 0.373 e. The first kappa shape index (κ1) is 10.7. The minimum absolute atomic E-state index is 0.156. The van der Waals surface area contributed by atoms with Crippen LogP contribution in [0.4, 0.5) is 0 Å². The molecule has 3 heteroatoms. The predicted octanol–water partition coefficient (Wildman–Crippen LogP) is 1.99. The van der Waals surface area contributed by atoms with Crippen LogP contribution in [0, 0.1) is 0 Å². The van der Waals surface area contributed by atoms with E-state index in [1.165, 1.54) is 0 Å². The highest BCUT2D eigenvalue weighted by atomic mass is 16.3. The van der Waals surface area contributed by atoms with Crippen molar-refractivity contribution in [3.8, 4) is 0 Å². The van der Waals surface area contributed by atoms with Crippen molar-refractivity contribution in [2.24, 2.45) is 0 Å². The Kier molecular flexibility index (Phi) is 4.02. The molecule has 12 heavy (non-hydrogen) atoms. The van der Waals surface area contributed by atoms with E-state index in [1.807, 2.05) is 12.1 Å². The highest BCUT2D eigenvalue weighted by Crippen LogP contribution is 2.21. The van der Waals surface area contributed by atoms with Gasteiger partial charge in [-0.15, -0.1) is 0 Å². The molecule has 0 fully saturated rings. The SMILES string of the molecule is CC(C)(C)c1ccco1.O=C=O. The molecule has 0 aliphatic carbocycles. The average molecular weight is 168 g/mol. The Balaban J connectivity index is 0.000000354. The molecule has 0 saturated carbocycles. The van der Waals surface area contributed by atoms with Gasteiger partial charge in [0.05, 0.1) is 6.26 Å². The zero-order valence-electron chi connectivity index (χ0n) is 7.46. The number of hydrogen-bond acceptors (Lipinski definition) is 3. The van der Waals surface area contributed by atoms with Gasteiger partial charge in [-0.05, 0) is 12.1 Å². The predicted molar refractivity (Wildman–Crippen MR) is 42.4 cm³/mol. The molecule has 1 heterocycles. The van der Waals surface area contributed by atoms with Gasteiger partial charge in [-0.1, -0.05) is 20.8 Å². The zero-order valence-corrected chi connectivity index (χ0v) is 7.46. The summed E-state index contributed by atoms with van der Waals surface area (Å²) in [4.78, 5) is 16.2. The third-order valence-corrected chi connectivity index (χ3v) is 1.26. The van der Waals surface area contributed by atoms with Crippen molar-refractivity contribution >= 4 is 6.15 Å². The molecular weight excluding hydrogens is 156 g/mol.